The van der Waals surface area contributed by atoms with Crippen LogP contribution in [0, 0.1) is 0 Å². The van der Waals surface area contributed by atoms with Crippen molar-refractivity contribution < 1.29 is 18.9 Å². The summed E-state index contributed by atoms with van der Waals surface area (Å²) in [5.74, 6) is 0. The fourth-order valence-electron chi connectivity index (χ4n) is 2.25. The van der Waals surface area contributed by atoms with Crippen LogP contribution in [0.15, 0.2) is 0 Å². The second-order valence-corrected chi connectivity index (χ2v) is 7.20. The predicted octanol–water partition coefficient (Wildman–Crippen LogP) is 2.79. The largest absolute Gasteiger partial charge is 0.376 e. The molecule has 0 radical (unpaired) electrons. The van der Waals surface area contributed by atoms with Crippen molar-refractivity contribution in [1.82, 2.24) is 0 Å². The maximum absolute atomic E-state index is 6.12. The molecule has 0 saturated carbocycles. The molecule has 1 aliphatic heterocycles. The van der Waals surface area contributed by atoms with Gasteiger partial charge in [0, 0.05) is 7.11 Å². The molecule has 4 atom stereocenters. The molecule has 1 fully saturated rings. The summed E-state index contributed by atoms with van der Waals surface area (Å²) in [6, 6.07) is 0. The van der Waals surface area contributed by atoms with Crippen LogP contribution in [0.2, 0.25) is 0 Å². The van der Waals surface area contributed by atoms with Crippen LogP contribution in [0.5, 0.6) is 0 Å². The van der Waals surface area contributed by atoms with E-state index in [4.69, 9.17) is 18.9 Å². The predicted molar refractivity (Wildman–Crippen MR) is 75.5 cm³/mol. The maximum atomic E-state index is 6.12. The third kappa shape index (κ3) is 5.38. The highest BCUT2D eigenvalue weighted by Crippen LogP contribution is 2.30. The van der Waals surface area contributed by atoms with E-state index in [1.54, 1.807) is 7.11 Å². The van der Waals surface area contributed by atoms with E-state index >= 15 is 0 Å². The van der Waals surface area contributed by atoms with Crippen LogP contribution in [0.1, 0.15) is 48.5 Å². The van der Waals surface area contributed by atoms with E-state index in [0.717, 1.165) is 0 Å². The number of ether oxygens (including phenoxy) is 4. The van der Waals surface area contributed by atoms with Crippen molar-refractivity contribution in [2.24, 2.45) is 0 Å². The van der Waals surface area contributed by atoms with Gasteiger partial charge in [-0.1, -0.05) is 0 Å². The third-order valence-corrected chi connectivity index (χ3v) is 2.98. The van der Waals surface area contributed by atoms with E-state index in [-0.39, 0.29) is 35.6 Å². The molecule has 0 aromatic carbocycles. The van der Waals surface area contributed by atoms with Crippen molar-refractivity contribution in [2.75, 3.05) is 13.7 Å². The first-order valence-electron chi connectivity index (χ1n) is 7.03. The monoisotopic (exact) mass is 274 g/mol. The van der Waals surface area contributed by atoms with Crippen LogP contribution >= 0.6 is 0 Å². The van der Waals surface area contributed by atoms with Crippen LogP contribution < -0.4 is 0 Å². The molecule has 1 rings (SSSR count). The standard InChI is InChI=1S/C15H30O4/c1-10-12(16-8)13(19-15(5,6)7)11(18-10)9-17-14(2,3)4/h10-13H,9H2,1-8H3/t10-,11+,12+,13?/m0/s1. The SMILES string of the molecule is CO[C@H]1C(OC(C)(C)C)[C@@H](COC(C)(C)C)O[C@H]1C. The van der Waals surface area contributed by atoms with Gasteiger partial charge in [0.1, 0.15) is 18.3 Å². The molecular formula is C15H30O4. The Kier molecular flexibility index (Phi) is 5.41. The first-order chi connectivity index (χ1) is 8.53. The van der Waals surface area contributed by atoms with E-state index in [2.05, 4.69) is 0 Å². The summed E-state index contributed by atoms with van der Waals surface area (Å²) in [5.41, 5.74) is -0.404. The van der Waals surface area contributed by atoms with Crippen LogP contribution in [0.25, 0.3) is 0 Å². The lowest BCUT2D eigenvalue weighted by Gasteiger charge is -2.31. The number of rotatable bonds is 4. The van der Waals surface area contributed by atoms with Gasteiger partial charge in [0.05, 0.1) is 23.9 Å². The minimum Gasteiger partial charge on any atom is -0.376 e. The van der Waals surface area contributed by atoms with Gasteiger partial charge in [-0.25, -0.2) is 0 Å². The van der Waals surface area contributed by atoms with Gasteiger partial charge in [-0.15, -0.1) is 0 Å². The molecular weight excluding hydrogens is 244 g/mol. The van der Waals surface area contributed by atoms with Crippen molar-refractivity contribution in [3.05, 3.63) is 0 Å². The topological polar surface area (TPSA) is 36.9 Å². The zero-order chi connectivity index (χ0) is 14.8. The lowest BCUT2D eigenvalue weighted by molar-refractivity contribution is -0.140. The lowest BCUT2D eigenvalue weighted by Crippen LogP contribution is -2.43. The minimum absolute atomic E-state index is 0.0194. The average molecular weight is 274 g/mol. The summed E-state index contributed by atoms with van der Waals surface area (Å²) in [4.78, 5) is 0. The van der Waals surface area contributed by atoms with Crippen molar-refractivity contribution in [1.29, 1.82) is 0 Å². The van der Waals surface area contributed by atoms with E-state index < -0.39 is 0 Å². The minimum atomic E-state index is -0.227. The molecule has 4 heteroatoms. The molecule has 1 saturated heterocycles. The molecule has 4 nitrogen and oxygen atoms in total. The molecule has 1 heterocycles. The molecule has 0 amide bonds. The Morgan fingerprint density at radius 1 is 0.947 bits per heavy atom. The fourth-order valence-corrected chi connectivity index (χ4v) is 2.25. The quantitative estimate of drug-likeness (QED) is 0.790. The van der Waals surface area contributed by atoms with Gasteiger partial charge in [0.15, 0.2) is 0 Å². The van der Waals surface area contributed by atoms with Crippen molar-refractivity contribution in [2.45, 2.75) is 84.1 Å². The molecule has 0 aliphatic carbocycles. The Morgan fingerprint density at radius 2 is 1.53 bits per heavy atom. The van der Waals surface area contributed by atoms with Crippen LogP contribution in [-0.4, -0.2) is 49.3 Å². The van der Waals surface area contributed by atoms with Gasteiger partial charge >= 0.3 is 0 Å². The zero-order valence-electron chi connectivity index (χ0n) is 13.6. The Balaban J connectivity index is 2.72. The van der Waals surface area contributed by atoms with E-state index in [1.165, 1.54) is 0 Å². The molecule has 1 unspecified atom stereocenters. The second-order valence-electron chi connectivity index (χ2n) is 7.20. The van der Waals surface area contributed by atoms with Crippen LogP contribution in [-0.2, 0) is 18.9 Å². The highest BCUT2D eigenvalue weighted by atomic mass is 16.6. The maximum Gasteiger partial charge on any atom is 0.115 e. The van der Waals surface area contributed by atoms with Crippen LogP contribution in [0.4, 0.5) is 0 Å². The van der Waals surface area contributed by atoms with Gasteiger partial charge in [0.2, 0.25) is 0 Å². The summed E-state index contributed by atoms with van der Waals surface area (Å²) in [7, 11) is 1.70. The van der Waals surface area contributed by atoms with Crippen molar-refractivity contribution in [3.8, 4) is 0 Å². The summed E-state index contributed by atoms with van der Waals surface area (Å²) in [6.07, 6.45) is -0.209. The fraction of sp³-hybridized carbons (Fsp3) is 1.00. The van der Waals surface area contributed by atoms with Gasteiger partial charge in [-0.3, -0.25) is 0 Å². The van der Waals surface area contributed by atoms with Gasteiger partial charge in [-0.2, -0.15) is 0 Å². The number of hydrogen-bond donors (Lipinski definition) is 0. The number of methoxy groups -OCH3 is 1. The Morgan fingerprint density at radius 3 is 1.95 bits per heavy atom. The summed E-state index contributed by atoms with van der Waals surface area (Å²) in [6.45, 7) is 14.8. The van der Waals surface area contributed by atoms with Gasteiger partial charge in [0.25, 0.3) is 0 Å². The van der Waals surface area contributed by atoms with E-state index in [9.17, 15) is 0 Å². The molecule has 1 aliphatic rings. The summed E-state index contributed by atoms with van der Waals surface area (Å²) >= 11 is 0. The highest BCUT2D eigenvalue weighted by Gasteiger charge is 2.45. The van der Waals surface area contributed by atoms with E-state index in [1.807, 2.05) is 48.5 Å². The molecule has 0 aromatic heterocycles. The Labute approximate surface area is 117 Å². The average Bonchev–Trinajstić information content (AvgIpc) is 2.48. The molecule has 114 valence electrons. The first kappa shape index (κ1) is 16.9. The van der Waals surface area contributed by atoms with Crippen LogP contribution in [0.3, 0.4) is 0 Å². The molecule has 0 bridgehead atoms. The Bertz CT molecular complexity index is 277. The molecule has 0 spiro atoms. The smallest absolute Gasteiger partial charge is 0.115 e. The summed E-state index contributed by atoms with van der Waals surface area (Å²) < 4.78 is 23.4. The summed E-state index contributed by atoms with van der Waals surface area (Å²) in [5, 5.41) is 0. The van der Waals surface area contributed by atoms with Gasteiger partial charge < -0.3 is 18.9 Å². The molecule has 0 aromatic rings. The lowest BCUT2D eigenvalue weighted by atomic mass is 10.1. The zero-order valence-corrected chi connectivity index (χ0v) is 13.6. The van der Waals surface area contributed by atoms with Crippen molar-refractivity contribution in [3.63, 3.8) is 0 Å². The first-order valence-corrected chi connectivity index (χ1v) is 7.03. The molecule has 0 N–H and O–H groups in total. The van der Waals surface area contributed by atoms with E-state index in [0.29, 0.717) is 6.61 Å². The normalized spacial score (nSPS) is 32.8. The van der Waals surface area contributed by atoms with Gasteiger partial charge in [-0.05, 0) is 48.5 Å². The van der Waals surface area contributed by atoms with Crippen molar-refractivity contribution >= 4 is 0 Å². The number of hydrogen-bond acceptors (Lipinski definition) is 4. The Hall–Kier alpha value is -0.160. The molecule has 19 heavy (non-hydrogen) atoms. The highest BCUT2D eigenvalue weighted by molar-refractivity contribution is 4.92. The second kappa shape index (κ2) is 6.08. The third-order valence-electron chi connectivity index (χ3n) is 2.98.